The van der Waals surface area contributed by atoms with Gasteiger partial charge in [-0.2, -0.15) is 0 Å². The van der Waals surface area contributed by atoms with Gasteiger partial charge in [0, 0.05) is 30.3 Å². The average Bonchev–Trinajstić information content (AvgIpc) is 3.66. The highest BCUT2D eigenvalue weighted by Gasteiger charge is 2.47. The van der Waals surface area contributed by atoms with Gasteiger partial charge in [-0.05, 0) is 71.8 Å². The Labute approximate surface area is 194 Å². The fraction of sp³-hybridized carbons (Fsp3) is 0.286. The minimum atomic E-state index is -0.934. The molecule has 1 fully saturated rings. The van der Waals surface area contributed by atoms with Crippen LogP contribution in [0, 0.1) is 11.8 Å². The molecule has 0 aromatic heterocycles. The van der Waals surface area contributed by atoms with Crippen LogP contribution in [0.1, 0.15) is 48.7 Å². The molecule has 168 valence electrons. The Hall–Kier alpha value is -3.60. The number of carboxylic acid groups (broad SMARTS) is 1. The second kappa shape index (κ2) is 8.39. The fourth-order valence-electron chi connectivity index (χ4n) is 5.26. The zero-order valence-electron chi connectivity index (χ0n) is 18.9. The molecule has 33 heavy (non-hydrogen) atoms. The number of amides is 1. The van der Waals surface area contributed by atoms with Gasteiger partial charge in [0.05, 0.1) is 11.6 Å². The molecular formula is C28H28N2O3. The number of hydrogen-bond donors (Lipinski definition) is 2. The maximum atomic E-state index is 12.8. The summed E-state index contributed by atoms with van der Waals surface area (Å²) in [6.45, 7) is 3.91. The lowest BCUT2D eigenvalue weighted by atomic mass is 9.79. The number of carbonyl (C=O) groups excluding carboxylic acids is 1. The van der Waals surface area contributed by atoms with E-state index in [1.807, 2.05) is 41.3 Å². The Morgan fingerprint density at radius 2 is 1.61 bits per heavy atom. The molecule has 1 amide bonds. The van der Waals surface area contributed by atoms with Crippen molar-refractivity contribution in [3.8, 4) is 11.1 Å². The third-order valence-electron chi connectivity index (χ3n) is 6.99. The Kier molecular flexibility index (Phi) is 5.41. The Morgan fingerprint density at radius 1 is 0.939 bits per heavy atom. The number of hydrogen-bond acceptors (Lipinski definition) is 3. The van der Waals surface area contributed by atoms with Crippen LogP contribution in [-0.4, -0.2) is 23.0 Å². The number of benzene rings is 3. The highest BCUT2D eigenvalue weighted by molar-refractivity contribution is 5.95. The van der Waals surface area contributed by atoms with Crippen molar-refractivity contribution < 1.29 is 14.7 Å². The summed E-state index contributed by atoms with van der Waals surface area (Å²) in [4.78, 5) is 26.1. The van der Waals surface area contributed by atoms with Gasteiger partial charge in [-0.15, -0.1) is 0 Å². The summed E-state index contributed by atoms with van der Waals surface area (Å²) >= 11 is 0. The van der Waals surface area contributed by atoms with Gasteiger partial charge < -0.3 is 15.3 Å². The van der Waals surface area contributed by atoms with Crippen LogP contribution in [0.3, 0.4) is 0 Å². The van der Waals surface area contributed by atoms with Gasteiger partial charge >= 0.3 is 5.97 Å². The first-order valence-electron chi connectivity index (χ1n) is 11.5. The van der Waals surface area contributed by atoms with E-state index in [2.05, 4.69) is 36.5 Å². The van der Waals surface area contributed by atoms with Crippen LogP contribution in [-0.2, 0) is 4.79 Å². The second-order valence-electron chi connectivity index (χ2n) is 9.22. The standard InChI is InChI=1S/C28H28N2O3/c1-17-26(29-23-6-4-3-5-7-23)24-16-22(19-8-12-21(13-9-19)28(32)33)14-15-25(24)30(18(2)31)27(17)20-10-11-20/h3-9,12-17,20,26-27,29H,10-11H2,1-2H3,(H,32,33)/t17?,26?,27-/m1/s1. The van der Waals surface area contributed by atoms with Gasteiger partial charge in [-0.25, -0.2) is 4.79 Å². The van der Waals surface area contributed by atoms with Crippen molar-refractivity contribution in [2.75, 3.05) is 10.2 Å². The molecule has 1 heterocycles. The van der Waals surface area contributed by atoms with Gasteiger partial charge in [-0.3, -0.25) is 4.79 Å². The first kappa shape index (κ1) is 21.3. The molecule has 5 rings (SSSR count). The van der Waals surface area contributed by atoms with E-state index in [0.717, 1.165) is 28.1 Å². The maximum Gasteiger partial charge on any atom is 0.335 e. The normalized spacial score (nSPS) is 21.9. The minimum Gasteiger partial charge on any atom is -0.478 e. The van der Waals surface area contributed by atoms with E-state index < -0.39 is 5.97 Å². The number of carboxylic acids is 1. The number of fused-ring (bicyclic) bond motifs is 1. The van der Waals surface area contributed by atoms with Crippen molar-refractivity contribution in [2.45, 2.75) is 38.8 Å². The van der Waals surface area contributed by atoms with Crippen molar-refractivity contribution >= 4 is 23.3 Å². The van der Waals surface area contributed by atoms with Crippen LogP contribution >= 0.6 is 0 Å². The average molecular weight is 441 g/mol. The summed E-state index contributed by atoms with van der Waals surface area (Å²) in [6, 6.07) is 23.6. The van der Waals surface area contributed by atoms with E-state index in [0.29, 0.717) is 5.92 Å². The number of nitrogens with one attached hydrogen (secondary N) is 1. The zero-order chi connectivity index (χ0) is 23.1. The molecule has 0 bridgehead atoms. The number of aromatic carboxylic acids is 1. The van der Waals surface area contributed by atoms with E-state index >= 15 is 0 Å². The lowest BCUT2D eigenvalue weighted by Crippen LogP contribution is -2.51. The number of rotatable bonds is 5. The van der Waals surface area contributed by atoms with Crippen molar-refractivity contribution in [2.24, 2.45) is 11.8 Å². The van der Waals surface area contributed by atoms with Crippen LogP contribution in [0.2, 0.25) is 0 Å². The number of anilines is 2. The number of para-hydroxylation sites is 1. The van der Waals surface area contributed by atoms with Crippen LogP contribution in [0.5, 0.6) is 0 Å². The Bertz CT molecular complexity index is 1190. The molecule has 3 atom stereocenters. The van der Waals surface area contributed by atoms with Crippen LogP contribution < -0.4 is 10.2 Å². The summed E-state index contributed by atoms with van der Waals surface area (Å²) in [5.41, 5.74) is 5.35. The predicted molar refractivity (Wildman–Crippen MR) is 130 cm³/mol. The second-order valence-corrected chi connectivity index (χ2v) is 9.22. The summed E-state index contributed by atoms with van der Waals surface area (Å²) < 4.78 is 0. The molecule has 5 heteroatoms. The van der Waals surface area contributed by atoms with Gasteiger partial charge in [0.1, 0.15) is 0 Å². The van der Waals surface area contributed by atoms with Crippen molar-refractivity contribution in [1.82, 2.24) is 0 Å². The Balaban J connectivity index is 1.61. The lowest BCUT2D eigenvalue weighted by molar-refractivity contribution is -0.117. The first-order chi connectivity index (χ1) is 15.9. The largest absolute Gasteiger partial charge is 0.478 e. The van der Waals surface area contributed by atoms with Gasteiger partial charge in [0.25, 0.3) is 0 Å². The quantitative estimate of drug-likeness (QED) is 0.512. The van der Waals surface area contributed by atoms with Crippen molar-refractivity contribution in [3.63, 3.8) is 0 Å². The monoisotopic (exact) mass is 440 g/mol. The third kappa shape index (κ3) is 3.99. The molecule has 2 aliphatic rings. The zero-order valence-corrected chi connectivity index (χ0v) is 18.9. The topological polar surface area (TPSA) is 69.6 Å². The van der Waals surface area contributed by atoms with Gasteiger partial charge in [-0.1, -0.05) is 43.3 Å². The lowest BCUT2D eigenvalue weighted by Gasteiger charge is -2.46. The molecule has 0 spiro atoms. The van der Waals surface area contributed by atoms with Gasteiger partial charge in [0.2, 0.25) is 5.91 Å². The summed E-state index contributed by atoms with van der Waals surface area (Å²) in [7, 11) is 0. The Morgan fingerprint density at radius 3 is 2.21 bits per heavy atom. The first-order valence-corrected chi connectivity index (χ1v) is 11.5. The van der Waals surface area contributed by atoms with Crippen molar-refractivity contribution in [1.29, 1.82) is 0 Å². The molecule has 5 nitrogen and oxygen atoms in total. The highest BCUT2D eigenvalue weighted by Crippen LogP contribution is 2.50. The third-order valence-corrected chi connectivity index (χ3v) is 6.99. The molecule has 1 aliphatic heterocycles. The fourth-order valence-corrected chi connectivity index (χ4v) is 5.26. The molecule has 1 saturated carbocycles. The minimum absolute atomic E-state index is 0.0573. The van der Waals surface area contributed by atoms with E-state index in [-0.39, 0.29) is 29.5 Å². The van der Waals surface area contributed by atoms with E-state index in [1.165, 1.54) is 12.8 Å². The van der Waals surface area contributed by atoms with E-state index in [1.54, 1.807) is 19.1 Å². The molecule has 2 N–H and O–H groups in total. The van der Waals surface area contributed by atoms with Crippen LogP contribution in [0.25, 0.3) is 11.1 Å². The predicted octanol–water partition coefficient (Wildman–Crippen LogP) is 5.99. The SMILES string of the molecule is CC(=O)N1c2ccc(-c3ccc(C(=O)O)cc3)cc2C(Nc2ccccc2)C(C)[C@@H]1C1CC1. The highest BCUT2D eigenvalue weighted by atomic mass is 16.4. The molecule has 3 aromatic rings. The molecular weight excluding hydrogens is 412 g/mol. The maximum absolute atomic E-state index is 12.8. The summed E-state index contributed by atoms with van der Waals surface area (Å²) in [6.07, 6.45) is 2.33. The van der Waals surface area contributed by atoms with Crippen LogP contribution in [0.15, 0.2) is 72.8 Å². The smallest absolute Gasteiger partial charge is 0.335 e. The summed E-state index contributed by atoms with van der Waals surface area (Å²) in [5, 5.41) is 13.0. The summed E-state index contributed by atoms with van der Waals surface area (Å²) in [5.74, 6) is -0.0769. The molecule has 3 aromatic carbocycles. The molecule has 0 radical (unpaired) electrons. The number of carbonyl (C=O) groups is 2. The van der Waals surface area contributed by atoms with Crippen molar-refractivity contribution in [3.05, 3.63) is 83.9 Å². The molecule has 1 aliphatic carbocycles. The molecule has 0 saturated heterocycles. The molecule has 2 unspecified atom stereocenters. The van der Waals surface area contributed by atoms with E-state index in [4.69, 9.17) is 0 Å². The van der Waals surface area contributed by atoms with Crippen LogP contribution in [0.4, 0.5) is 11.4 Å². The van der Waals surface area contributed by atoms with Gasteiger partial charge in [0.15, 0.2) is 0 Å². The van der Waals surface area contributed by atoms with E-state index in [9.17, 15) is 14.7 Å². The number of nitrogens with zero attached hydrogens (tertiary/aromatic N) is 1.